The molecule has 0 unspecified atom stereocenters. The standard InChI is InChI=1S/C17H24N2O3S/c1-2-10-19(11-8-15-6-4-3-5-7-15)13-17(20)18-16-9-12-23(21,22)14-16/h2-7,16H,1,8-14H2,(H,18,20)/t16-/m1/s1. The lowest BCUT2D eigenvalue weighted by molar-refractivity contribution is -0.122. The van der Waals surface area contributed by atoms with E-state index in [1.165, 1.54) is 5.56 Å². The molecule has 0 radical (unpaired) electrons. The molecular weight excluding hydrogens is 312 g/mol. The summed E-state index contributed by atoms with van der Waals surface area (Å²) in [6, 6.07) is 9.87. The van der Waals surface area contributed by atoms with E-state index in [1.807, 2.05) is 23.1 Å². The zero-order valence-corrected chi connectivity index (χ0v) is 14.1. The predicted octanol–water partition coefficient (Wildman–Crippen LogP) is 1.02. The maximum Gasteiger partial charge on any atom is 0.234 e. The summed E-state index contributed by atoms with van der Waals surface area (Å²) in [5, 5.41) is 2.83. The third-order valence-corrected chi connectivity index (χ3v) is 5.68. The van der Waals surface area contributed by atoms with Crippen LogP contribution < -0.4 is 5.32 Å². The zero-order chi connectivity index (χ0) is 16.7. The van der Waals surface area contributed by atoms with Gasteiger partial charge in [-0.1, -0.05) is 36.4 Å². The van der Waals surface area contributed by atoms with Crippen molar-refractivity contribution in [2.45, 2.75) is 18.9 Å². The van der Waals surface area contributed by atoms with Crippen LogP contribution in [0.3, 0.4) is 0 Å². The quantitative estimate of drug-likeness (QED) is 0.720. The largest absolute Gasteiger partial charge is 0.351 e. The van der Waals surface area contributed by atoms with Crippen molar-refractivity contribution in [1.29, 1.82) is 0 Å². The molecule has 1 aromatic rings. The number of nitrogens with zero attached hydrogens (tertiary/aromatic N) is 1. The number of carbonyl (C=O) groups excluding carboxylic acids is 1. The van der Waals surface area contributed by atoms with Crippen LogP contribution in [0.2, 0.25) is 0 Å². The Balaban J connectivity index is 1.81. The van der Waals surface area contributed by atoms with Crippen molar-refractivity contribution in [1.82, 2.24) is 10.2 Å². The topological polar surface area (TPSA) is 66.5 Å². The predicted molar refractivity (Wildman–Crippen MR) is 92.0 cm³/mol. The number of nitrogens with one attached hydrogen (secondary N) is 1. The third kappa shape index (κ3) is 6.15. The minimum Gasteiger partial charge on any atom is -0.351 e. The van der Waals surface area contributed by atoms with Crippen molar-refractivity contribution in [3.63, 3.8) is 0 Å². The fourth-order valence-corrected chi connectivity index (χ4v) is 4.41. The third-order valence-electron chi connectivity index (χ3n) is 3.91. The number of benzene rings is 1. The van der Waals surface area contributed by atoms with Gasteiger partial charge in [0.25, 0.3) is 0 Å². The van der Waals surface area contributed by atoms with E-state index in [2.05, 4.69) is 24.0 Å². The van der Waals surface area contributed by atoms with Gasteiger partial charge in [-0.15, -0.1) is 6.58 Å². The van der Waals surface area contributed by atoms with Crippen molar-refractivity contribution in [3.8, 4) is 0 Å². The minimum atomic E-state index is -2.97. The first-order valence-electron chi connectivity index (χ1n) is 7.85. The van der Waals surface area contributed by atoms with Crippen LogP contribution in [0.15, 0.2) is 43.0 Å². The van der Waals surface area contributed by atoms with Gasteiger partial charge in [0.1, 0.15) is 0 Å². The summed E-state index contributed by atoms with van der Waals surface area (Å²) in [6.07, 6.45) is 3.15. The molecule has 1 fully saturated rings. The molecule has 23 heavy (non-hydrogen) atoms. The monoisotopic (exact) mass is 336 g/mol. The molecule has 1 aromatic carbocycles. The molecule has 1 saturated heterocycles. The van der Waals surface area contributed by atoms with Gasteiger partial charge in [0, 0.05) is 19.1 Å². The molecule has 0 aromatic heterocycles. The maximum atomic E-state index is 12.1. The summed E-state index contributed by atoms with van der Waals surface area (Å²) in [5.74, 6) is 0.106. The van der Waals surface area contributed by atoms with E-state index in [4.69, 9.17) is 0 Å². The Morgan fingerprint density at radius 3 is 2.70 bits per heavy atom. The number of carbonyl (C=O) groups is 1. The fraction of sp³-hybridized carbons (Fsp3) is 0.471. The normalized spacial score (nSPS) is 19.6. The summed E-state index contributed by atoms with van der Waals surface area (Å²) in [6.45, 7) is 5.38. The second-order valence-electron chi connectivity index (χ2n) is 5.93. The van der Waals surface area contributed by atoms with Crippen LogP contribution >= 0.6 is 0 Å². The van der Waals surface area contributed by atoms with Crippen LogP contribution in [0.4, 0.5) is 0 Å². The molecule has 1 aliphatic rings. The molecule has 126 valence electrons. The van der Waals surface area contributed by atoms with Crippen LogP contribution in [0.5, 0.6) is 0 Å². The van der Waals surface area contributed by atoms with E-state index in [-0.39, 0.29) is 30.0 Å². The second kappa shape index (κ2) is 8.26. The summed E-state index contributed by atoms with van der Waals surface area (Å²) >= 11 is 0. The lowest BCUT2D eigenvalue weighted by atomic mass is 10.1. The Hall–Kier alpha value is -1.66. The van der Waals surface area contributed by atoms with Gasteiger partial charge in [0.05, 0.1) is 18.1 Å². The summed E-state index contributed by atoms with van der Waals surface area (Å²) in [7, 11) is -2.97. The molecule has 1 N–H and O–H groups in total. The molecule has 0 spiro atoms. The summed E-state index contributed by atoms with van der Waals surface area (Å²) in [4.78, 5) is 14.1. The fourth-order valence-electron chi connectivity index (χ4n) is 2.73. The Bertz CT molecular complexity index is 628. The van der Waals surface area contributed by atoms with Crippen LogP contribution in [-0.2, 0) is 21.1 Å². The van der Waals surface area contributed by atoms with Gasteiger partial charge in [-0.05, 0) is 18.4 Å². The SMILES string of the molecule is C=CCN(CCc1ccccc1)CC(=O)N[C@@H]1CCS(=O)(=O)C1. The number of amides is 1. The van der Waals surface area contributed by atoms with Gasteiger partial charge in [-0.3, -0.25) is 9.69 Å². The van der Waals surface area contributed by atoms with E-state index >= 15 is 0 Å². The van der Waals surface area contributed by atoms with Crippen molar-refractivity contribution in [2.75, 3.05) is 31.1 Å². The highest BCUT2D eigenvalue weighted by molar-refractivity contribution is 7.91. The smallest absolute Gasteiger partial charge is 0.234 e. The first-order valence-corrected chi connectivity index (χ1v) is 9.67. The lowest BCUT2D eigenvalue weighted by Crippen LogP contribution is -2.43. The van der Waals surface area contributed by atoms with Crippen LogP contribution in [0, 0.1) is 0 Å². The molecule has 1 aliphatic heterocycles. The average Bonchev–Trinajstić information content (AvgIpc) is 2.85. The second-order valence-corrected chi connectivity index (χ2v) is 8.16. The van der Waals surface area contributed by atoms with Crippen molar-refractivity contribution >= 4 is 15.7 Å². The van der Waals surface area contributed by atoms with E-state index in [0.29, 0.717) is 13.0 Å². The number of hydrogen-bond donors (Lipinski definition) is 1. The molecule has 0 saturated carbocycles. The first-order chi connectivity index (χ1) is 11.0. The van der Waals surface area contributed by atoms with Gasteiger partial charge in [0.15, 0.2) is 9.84 Å². The van der Waals surface area contributed by atoms with Crippen molar-refractivity contribution in [2.24, 2.45) is 0 Å². The molecule has 1 amide bonds. The Morgan fingerprint density at radius 2 is 2.09 bits per heavy atom. The highest BCUT2D eigenvalue weighted by Gasteiger charge is 2.29. The molecule has 6 heteroatoms. The Labute approximate surface area is 138 Å². The van der Waals surface area contributed by atoms with Gasteiger partial charge >= 0.3 is 0 Å². The van der Waals surface area contributed by atoms with Gasteiger partial charge < -0.3 is 5.32 Å². The van der Waals surface area contributed by atoms with Crippen LogP contribution in [0.1, 0.15) is 12.0 Å². The molecule has 5 nitrogen and oxygen atoms in total. The summed E-state index contributed by atoms with van der Waals surface area (Å²) in [5.41, 5.74) is 1.23. The number of hydrogen-bond acceptors (Lipinski definition) is 4. The average molecular weight is 336 g/mol. The van der Waals surface area contributed by atoms with E-state index in [1.54, 1.807) is 6.08 Å². The number of rotatable bonds is 8. The van der Waals surface area contributed by atoms with Gasteiger partial charge in [0.2, 0.25) is 5.91 Å². The molecule has 1 heterocycles. The molecular formula is C17H24N2O3S. The molecule has 0 bridgehead atoms. The van der Waals surface area contributed by atoms with E-state index in [9.17, 15) is 13.2 Å². The highest BCUT2D eigenvalue weighted by Crippen LogP contribution is 2.11. The van der Waals surface area contributed by atoms with E-state index in [0.717, 1.165) is 13.0 Å². The van der Waals surface area contributed by atoms with E-state index < -0.39 is 9.84 Å². The van der Waals surface area contributed by atoms with Crippen LogP contribution in [-0.4, -0.2) is 56.4 Å². The summed E-state index contributed by atoms with van der Waals surface area (Å²) < 4.78 is 22.9. The van der Waals surface area contributed by atoms with Gasteiger partial charge in [-0.25, -0.2) is 8.42 Å². The van der Waals surface area contributed by atoms with Crippen LogP contribution in [0.25, 0.3) is 0 Å². The maximum absolute atomic E-state index is 12.1. The Morgan fingerprint density at radius 1 is 1.35 bits per heavy atom. The van der Waals surface area contributed by atoms with Gasteiger partial charge in [-0.2, -0.15) is 0 Å². The zero-order valence-electron chi connectivity index (χ0n) is 13.3. The van der Waals surface area contributed by atoms with Crippen molar-refractivity contribution in [3.05, 3.63) is 48.6 Å². The molecule has 0 aliphatic carbocycles. The Kier molecular flexibility index (Phi) is 6.36. The number of sulfone groups is 1. The lowest BCUT2D eigenvalue weighted by Gasteiger charge is -2.21. The van der Waals surface area contributed by atoms with Crippen molar-refractivity contribution < 1.29 is 13.2 Å². The minimum absolute atomic E-state index is 0.0597. The highest BCUT2D eigenvalue weighted by atomic mass is 32.2. The molecule has 2 rings (SSSR count). The first kappa shape index (κ1) is 17.7. The molecule has 1 atom stereocenters.